The van der Waals surface area contributed by atoms with Gasteiger partial charge in [0.2, 0.25) is 0 Å². The summed E-state index contributed by atoms with van der Waals surface area (Å²) in [6, 6.07) is 0. The number of carbonyl (C=O) groups excluding carboxylic acids is 1. The lowest BCUT2D eigenvalue weighted by Gasteiger charge is -2.39. The minimum absolute atomic E-state index is 0.143. The van der Waals surface area contributed by atoms with Gasteiger partial charge >= 0.3 is 6.09 Å². The molecule has 0 aromatic carbocycles. The van der Waals surface area contributed by atoms with Crippen LogP contribution in [-0.4, -0.2) is 42.0 Å². The summed E-state index contributed by atoms with van der Waals surface area (Å²) in [7, 11) is 0. The summed E-state index contributed by atoms with van der Waals surface area (Å²) < 4.78 is 5.28. The Kier molecular flexibility index (Phi) is 7.86. The summed E-state index contributed by atoms with van der Waals surface area (Å²) in [5.41, 5.74) is -0.909. The van der Waals surface area contributed by atoms with Gasteiger partial charge in [-0.15, -0.1) is 0 Å². The van der Waals surface area contributed by atoms with Gasteiger partial charge < -0.3 is 20.5 Å². The number of aliphatic hydroxyl groups excluding tert-OH is 1. The molecule has 22 heavy (non-hydrogen) atoms. The van der Waals surface area contributed by atoms with E-state index in [-0.39, 0.29) is 17.6 Å². The van der Waals surface area contributed by atoms with E-state index in [0.29, 0.717) is 19.0 Å². The molecule has 132 valence electrons. The number of hydrogen-bond donors (Lipinski definition) is 3. The second-order valence-corrected chi connectivity index (χ2v) is 8.10. The summed E-state index contributed by atoms with van der Waals surface area (Å²) in [6.45, 7) is 17.3. The number of nitrogens with one attached hydrogen (secondary N) is 2. The molecule has 0 aliphatic heterocycles. The molecule has 0 fully saturated rings. The van der Waals surface area contributed by atoms with Crippen LogP contribution in [0.5, 0.6) is 0 Å². The summed E-state index contributed by atoms with van der Waals surface area (Å²) in [4.78, 5) is 11.8. The Morgan fingerprint density at radius 1 is 1.14 bits per heavy atom. The van der Waals surface area contributed by atoms with E-state index in [1.165, 1.54) is 0 Å². The number of aliphatic hydroxyl groups is 1. The molecule has 5 heteroatoms. The molecule has 0 spiro atoms. The fourth-order valence-electron chi connectivity index (χ4n) is 1.75. The van der Waals surface area contributed by atoms with Crippen molar-refractivity contribution in [1.82, 2.24) is 10.6 Å². The van der Waals surface area contributed by atoms with Crippen molar-refractivity contribution < 1.29 is 14.6 Å². The molecule has 1 amide bonds. The highest BCUT2D eigenvalue weighted by atomic mass is 16.6. The Balaban J connectivity index is 4.67. The van der Waals surface area contributed by atoms with Gasteiger partial charge in [-0.05, 0) is 40.0 Å². The average molecular weight is 316 g/mol. The number of rotatable bonds is 8. The molecule has 3 N–H and O–H groups in total. The molecule has 0 aliphatic carbocycles. The third-order valence-electron chi connectivity index (χ3n) is 4.43. The normalized spacial score (nSPS) is 17.7. The van der Waals surface area contributed by atoms with E-state index in [9.17, 15) is 9.90 Å². The zero-order chi connectivity index (χ0) is 17.6. The first-order valence-corrected chi connectivity index (χ1v) is 8.20. The van der Waals surface area contributed by atoms with Crippen LogP contribution in [-0.2, 0) is 4.74 Å². The van der Waals surface area contributed by atoms with Crippen molar-refractivity contribution in [3.63, 3.8) is 0 Å². The van der Waals surface area contributed by atoms with Crippen molar-refractivity contribution in [3.8, 4) is 0 Å². The Morgan fingerprint density at radius 2 is 1.68 bits per heavy atom. The van der Waals surface area contributed by atoms with Gasteiger partial charge in [-0.3, -0.25) is 0 Å². The molecule has 0 rings (SSSR count). The first-order chi connectivity index (χ1) is 9.87. The SMILES string of the molecule is CCC(C)(CO)CNC(C)(CNC(=O)OC(C)(C)C)C(C)C. The van der Waals surface area contributed by atoms with E-state index < -0.39 is 11.7 Å². The van der Waals surface area contributed by atoms with Gasteiger partial charge in [-0.2, -0.15) is 0 Å². The van der Waals surface area contributed by atoms with E-state index in [2.05, 4.69) is 45.3 Å². The Bertz CT molecular complexity index is 346. The highest BCUT2D eigenvalue weighted by Gasteiger charge is 2.32. The maximum absolute atomic E-state index is 11.8. The number of hydrogen-bond acceptors (Lipinski definition) is 4. The van der Waals surface area contributed by atoms with Crippen LogP contribution in [0.3, 0.4) is 0 Å². The molecule has 0 saturated carbocycles. The lowest BCUT2D eigenvalue weighted by Crippen LogP contribution is -2.57. The molecule has 5 nitrogen and oxygen atoms in total. The van der Waals surface area contributed by atoms with Gasteiger partial charge in [-0.1, -0.05) is 27.7 Å². The van der Waals surface area contributed by atoms with Gasteiger partial charge in [0.25, 0.3) is 0 Å². The highest BCUT2D eigenvalue weighted by Crippen LogP contribution is 2.22. The van der Waals surface area contributed by atoms with Gasteiger partial charge in [0.1, 0.15) is 5.60 Å². The summed E-state index contributed by atoms with van der Waals surface area (Å²) >= 11 is 0. The largest absolute Gasteiger partial charge is 0.444 e. The van der Waals surface area contributed by atoms with E-state index >= 15 is 0 Å². The monoisotopic (exact) mass is 316 g/mol. The maximum Gasteiger partial charge on any atom is 0.407 e. The lowest BCUT2D eigenvalue weighted by atomic mass is 9.84. The van der Waals surface area contributed by atoms with Gasteiger partial charge in [0.05, 0.1) is 0 Å². The van der Waals surface area contributed by atoms with Crippen LogP contribution in [0.4, 0.5) is 4.79 Å². The average Bonchev–Trinajstić information content (AvgIpc) is 2.40. The molecular weight excluding hydrogens is 280 g/mol. The van der Waals surface area contributed by atoms with Crippen molar-refractivity contribution in [2.75, 3.05) is 19.7 Å². The Morgan fingerprint density at radius 3 is 2.05 bits per heavy atom. The van der Waals surface area contributed by atoms with Crippen LogP contribution in [0.15, 0.2) is 0 Å². The van der Waals surface area contributed by atoms with Crippen molar-refractivity contribution >= 4 is 6.09 Å². The lowest BCUT2D eigenvalue weighted by molar-refractivity contribution is 0.0495. The second kappa shape index (κ2) is 8.16. The second-order valence-electron chi connectivity index (χ2n) is 8.10. The third-order valence-corrected chi connectivity index (χ3v) is 4.43. The number of carbonyl (C=O) groups is 1. The molecule has 2 unspecified atom stereocenters. The van der Waals surface area contributed by atoms with Crippen LogP contribution in [0.2, 0.25) is 0 Å². The zero-order valence-corrected chi connectivity index (χ0v) is 15.7. The smallest absolute Gasteiger partial charge is 0.407 e. The van der Waals surface area contributed by atoms with Crippen LogP contribution >= 0.6 is 0 Å². The van der Waals surface area contributed by atoms with Crippen LogP contribution in [0, 0.1) is 11.3 Å². The first kappa shape index (κ1) is 21.2. The summed E-state index contributed by atoms with van der Waals surface area (Å²) in [6.07, 6.45) is 0.492. The molecular formula is C17H36N2O3. The van der Waals surface area contributed by atoms with Gasteiger partial charge in [0.15, 0.2) is 0 Å². The first-order valence-electron chi connectivity index (χ1n) is 8.20. The standard InChI is InChI=1S/C17H36N2O3/c1-9-16(7,12-20)10-19-17(8,13(2)3)11-18-14(21)22-15(4,5)6/h13,19-20H,9-12H2,1-8H3,(H,18,21). The van der Waals surface area contributed by atoms with Crippen molar-refractivity contribution in [3.05, 3.63) is 0 Å². The molecule has 0 aliphatic rings. The molecule has 0 aromatic rings. The molecule has 0 aromatic heterocycles. The van der Waals surface area contributed by atoms with Gasteiger partial charge in [0, 0.05) is 30.7 Å². The predicted molar refractivity (Wildman–Crippen MR) is 91.0 cm³/mol. The van der Waals surface area contributed by atoms with Crippen molar-refractivity contribution in [1.29, 1.82) is 0 Å². The fraction of sp³-hybridized carbons (Fsp3) is 0.941. The maximum atomic E-state index is 11.8. The van der Waals surface area contributed by atoms with Crippen molar-refractivity contribution in [2.24, 2.45) is 11.3 Å². The molecule has 0 bridgehead atoms. The number of alkyl carbamates (subject to hydrolysis) is 1. The number of ether oxygens (including phenoxy) is 1. The van der Waals surface area contributed by atoms with Crippen LogP contribution in [0.1, 0.15) is 61.8 Å². The van der Waals surface area contributed by atoms with Gasteiger partial charge in [-0.25, -0.2) is 4.79 Å². The minimum atomic E-state index is -0.497. The van der Waals surface area contributed by atoms with Crippen LogP contribution in [0.25, 0.3) is 0 Å². The third kappa shape index (κ3) is 7.45. The number of amides is 1. The van der Waals surface area contributed by atoms with Crippen LogP contribution < -0.4 is 10.6 Å². The highest BCUT2D eigenvalue weighted by molar-refractivity contribution is 5.67. The van der Waals surface area contributed by atoms with E-state index in [1.807, 2.05) is 20.8 Å². The fourth-order valence-corrected chi connectivity index (χ4v) is 1.75. The minimum Gasteiger partial charge on any atom is -0.444 e. The van der Waals surface area contributed by atoms with E-state index in [0.717, 1.165) is 6.42 Å². The van der Waals surface area contributed by atoms with Crippen molar-refractivity contribution in [2.45, 2.75) is 73.0 Å². The molecule has 0 saturated heterocycles. The molecule has 0 heterocycles. The summed E-state index contributed by atoms with van der Waals surface area (Å²) in [5, 5.41) is 15.9. The Labute approximate surface area is 136 Å². The predicted octanol–water partition coefficient (Wildman–Crippen LogP) is 2.92. The Hall–Kier alpha value is -0.810. The zero-order valence-electron chi connectivity index (χ0n) is 15.7. The van der Waals surface area contributed by atoms with E-state index in [4.69, 9.17) is 4.74 Å². The molecule has 2 atom stereocenters. The topological polar surface area (TPSA) is 70.6 Å². The van der Waals surface area contributed by atoms with E-state index in [1.54, 1.807) is 0 Å². The summed E-state index contributed by atoms with van der Waals surface area (Å²) in [5.74, 6) is 0.322. The quantitative estimate of drug-likeness (QED) is 0.644. The molecule has 0 radical (unpaired) electrons.